The summed E-state index contributed by atoms with van der Waals surface area (Å²) in [5.41, 5.74) is 19.0. The highest BCUT2D eigenvalue weighted by Crippen LogP contribution is 2.31. The van der Waals surface area contributed by atoms with Gasteiger partial charge in [0.05, 0.1) is 12.5 Å². The zero-order valence-electron chi connectivity index (χ0n) is 44.2. The number of hydrogen-bond acceptors (Lipinski definition) is 13. The zero-order valence-corrected chi connectivity index (χ0v) is 44.2. The molecule has 9 atom stereocenters. The van der Waals surface area contributed by atoms with E-state index in [2.05, 4.69) is 31.6 Å². The molecule has 15 N–H and O–H groups in total. The third-order valence-corrected chi connectivity index (χ3v) is 14.0. The van der Waals surface area contributed by atoms with Crippen LogP contribution < -0.4 is 43.8 Å². The smallest absolute Gasteiger partial charge is 0.326 e. The minimum absolute atomic E-state index is 0.00605. The molecular weight excluding hydrogens is 1010 g/mol. The van der Waals surface area contributed by atoms with Gasteiger partial charge in [-0.25, -0.2) is 4.79 Å². The van der Waals surface area contributed by atoms with Crippen LogP contribution in [-0.4, -0.2) is 151 Å². The lowest BCUT2D eigenvalue weighted by molar-refractivity contribution is -0.152. The van der Waals surface area contributed by atoms with Gasteiger partial charge in [0.2, 0.25) is 41.4 Å². The summed E-state index contributed by atoms with van der Waals surface area (Å²) in [4.78, 5) is 131. The summed E-state index contributed by atoms with van der Waals surface area (Å²) in [6.45, 7) is 6.76. The van der Waals surface area contributed by atoms with Crippen LogP contribution in [-0.2, 0) is 69.0 Å². The molecule has 1 fully saturated rings. The zero-order chi connectivity index (χ0) is 57.4. The average molecular weight is 1080 g/mol. The van der Waals surface area contributed by atoms with Crippen LogP contribution in [0.25, 0.3) is 0 Å². The minimum atomic E-state index is -1.52. The van der Waals surface area contributed by atoms with Crippen LogP contribution in [0.5, 0.6) is 11.5 Å². The van der Waals surface area contributed by atoms with Gasteiger partial charge in [0, 0.05) is 38.9 Å². The Hall–Kier alpha value is -8.28. The van der Waals surface area contributed by atoms with Gasteiger partial charge in [-0.05, 0) is 84.0 Å². The first-order chi connectivity index (χ1) is 37.0. The van der Waals surface area contributed by atoms with Crippen LogP contribution in [0.4, 0.5) is 0 Å². The molecule has 3 aromatic rings. The largest absolute Gasteiger partial charge is 0.508 e. The number of carboxylic acids is 2. The Labute approximate surface area is 451 Å². The molecule has 2 aliphatic rings. The van der Waals surface area contributed by atoms with E-state index in [-0.39, 0.29) is 75.6 Å². The van der Waals surface area contributed by atoms with Gasteiger partial charge in [-0.2, -0.15) is 0 Å². The van der Waals surface area contributed by atoms with Gasteiger partial charge in [0.15, 0.2) is 5.96 Å². The maximum atomic E-state index is 15.3. The van der Waals surface area contributed by atoms with E-state index in [1.807, 2.05) is 0 Å². The van der Waals surface area contributed by atoms with Crippen LogP contribution in [0.15, 0.2) is 77.8 Å². The SMILES string of the molecule is CC[C@H](C)[C@H](NC(=O)[C@H](Cc1ccc(O)cc1)NC(=O)[C@@H](NC(=O)[C@H](CCCN=C(N)N)NC(=O)[C@@H](N)CC(=O)O)C(C)C)C(=O)N1Cc2cc(O)ccc2C[C@H]1C(=O)N1CCC[C@H]1C(=O)N[C@@H](Cc1ccccc1)C(=O)O. The normalized spacial score (nSPS) is 17.6. The number of phenolic OH excluding ortho intramolecular Hbond substituents is 2. The van der Waals surface area contributed by atoms with E-state index in [1.54, 1.807) is 64.1 Å². The number of phenols is 2. The van der Waals surface area contributed by atoms with Gasteiger partial charge in [0.1, 0.15) is 53.8 Å². The number of carboxylic acid groups (broad SMARTS) is 2. The Morgan fingerprint density at radius 3 is 1.94 bits per heavy atom. The Balaban J connectivity index is 1.43. The number of aliphatic carboxylic acids is 2. The predicted octanol–water partition coefficient (Wildman–Crippen LogP) is -0.106. The van der Waals surface area contributed by atoms with Crippen LogP contribution in [0.1, 0.15) is 88.5 Å². The van der Waals surface area contributed by atoms with Gasteiger partial charge < -0.3 is 74.0 Å². The molecule has 2 aliphatic heterocycles. The number of aromatic hydroxyl groups is 2. The Bertz CT molecular complexity index is 2670. The van der Waals surface area contributed by atoms with E-state index in [0.29, 0.717) is 35.1 Å². The molecule has 24 nitrogen and oxygen atoms in total. The number of fused-ring (bicyclic) bond motifs is 1. The molecule has 0 aromatic heterocycles. The summed E-state index contributed by atoms with van der Waals surface area (Å²) in [7, 11) is 0. The molecule has 422 valence electrons. The number of nitrogens with two attached hydrogens (primary N) is 3. The molecule has 0 radical (unpaired) electrons. The van der Waals surface area contributed by atoms with Gasteiger partial charge in [0.25, 0.3) is 0 Å². The molecule has 0 bridgehead atoms. The fraction of sp³-hybridized carbons (Fsp3) is 0.481. The molecule has 5 rings (SSSR count). The first kappa shape index (κ1) is 60.6. The first-order valence-electron chi connectivity index (χ1n) is 26.0. The molecule has 0 unspecified atom stereocenters. The number of carbonyl (C=O) groups excluding carboxylic acids is 7. The molecule has 0 saturated carbocycles. The van der Waals surface area contributed by atoms with Crippen molar-refractivity contribution in [3.05, 3.63) is 95.1 Å². The van der Waals surface area contributed by atoms with Gasteiger partial charge in [-0.1, -0.05) is 82.6 Å². The van der Waals surface area contributed by atoms with Crippen molar-refractivity contribution in [2.45, 2.75) is 140 Å². The number of nitrogens with one attached hydrogen (secondary N) is 5. The first-order valence-corrected chi connectivity index (χ1v) is 26.0. The second-order valence-electron chi connectivity index (χ2n) is 20.2. The van der Waals surface area contributed by atoms with E-state index in [9.17, 15) is 58.8 Å². The second-order valence-corrected chi connectivity index (χ2v) is 20.2. The van der Waals surface area contributed by atoms with Crippen molar-refractivity contribution in [2.75, 3.05) is 13.1 Å². The third kappa shape index (κ3) is 16.9. The Morgan fingerprint density at radius 2 is 1.31 bits per heavy atom. The number of benzene rings is 3. The number of guanidine groups is 1. The monoisotopic (exact) mass is 1080 g/mol. The fourth-order valence-corrected chi connectivity index (χ4v) is 9.41. The van der Waals surface area contributed by atoms with E-state index < -0.39 is 120 Å². The van der Waals surface area contributed by atoms with Gasteiger partial charge in [-0.15, -0.1) is 0 Å². The number of likely N-dealkylation sites (tertiary alicyclic amines) is 1. The molecule has 3 aromatic carbocycles. The topological polar surface area (TPSA) is 392 Å². The van der Waals surface area contributed by atoms with Gasteiger partial charge in [-0.3, -0.25) is 43.3 Å². The van der Waals surface area contributed by atoms with Crippen LogP contribution in [0.3, 0.4) is 0 Å². The van der Waals surface area contributed by atoms with Crippen molar-refractivity contribution < 1.29 is 63.6 Å². The molecular formula is C54H73N11O13. The van der Waals surface area contributed by atoms with Crippen molar-refractivity contribution >= 4 is 59.2 Å². The van der Waals surface area contributed by atoms with Crippen LogP contribution in [0, 0.1) is 11.8 Å². The highest BCUT2D eigenvalue weighted by Gasteiger charge is 2.45. The second kappa shape index (κ2) is 28.2. The lowest BCUT2D eigenvalue weighted by Gasteiger charge is -2.41. The number of aliphatic imine (C=N–C) groups is 1. The maximum absolute atomic E-state index is 15.3. The lowest BCUT2D eigenvalue weighted by Crippen LogP contribution is -2.63. The fourth-order valence-electron chi connectivity index (χ4n) is 9.41. The summed E-state index contributed by atoms with van der Waals surface area (Å²) in [6.07, 6.45) is 0.109. The third-order valence-electron chi connectivity index (χ3n) is 14.0. The number of carbonyl (C=O) groups is 9. The maximum Gasteiger partial charge on any atom is 0.326 e. The summed E-state index contributed by atoms with van der Waals surface area (Å²) in [6, 6.07) is 8.57. The molecule has 1 saturated heterocycles. The summed E-state index contributed by atoms with van der Waals surface area (Å²) >= 11 is 0. The Morgan fingerprint density at radius 1 is 0.692 bits per heavy atom. The highest BCUT2D eigenvalue weighted by atomic mass is 16.4. The minimum Gasteiger partial charge on any atom is -0.508 e. The van der Waals surface area contributed by atoms with E-state index in [1.165, 1.54) is 46.2 Å². The average Bonchev–Trinajstić information content (AvgIpc) is 3.95. The van der Waals surface area contributed by atoms with Crippen molar-refractivity contribution in [3.63, 3.8) is 0 Å². The number of rotatable bonds is 26. The van der Waals surface area contributed by atoms with E-state index in [4.69, 9.17) is 17.2 Å². The van der Waals surface area contributed by atoms with Crippen LogP contribution in [0.2, 0.25) is 0 Å². The molecule has 78 heavy (non-hydrogen) atoms. The number of hydrogen-bond donors (Lipinski definition) is 12. The molecule has 24 heteroatoms. The Kier molecular flexibility index (Phi) is 21.9. The van der Waals surface area contributed by atoms with Crippen molar-refractivity contribution in [2.24, 2.45) is 34.0 Å². The van der Waals surface area contributed by atoms with E-state index >= 15 is 4.79 Å². The van der Waals surface area contributed by atoms with Gasteiger partial charge >= 0.3 is 11.9 Å². The number of nitrogens with zero attached hydrogens (tertiary/aromatic N) is 3. The van der Waals surface area contributed by atoms with Crippen molar-refractivity contribution in [1.29, 1.82) is 0 Å². The molecule has 0 spiro atoms. The quantitative estimate of drug-likeness (QED) is 0.0284. The summed E-state index contributed by atoms with van der Waals surface area (Å²) < 4.78 is 0. The molecule has 2 heterocycles. The number of amides is 7. The predicted molar refractivity (Wildman–Crippen MR) is 285 cm³/mol. The van der Waals surface area contributed by atoms with Crippen molar-refractivity contribution in [1.82, 2.24) is 36.4 Å². The lowest BCUT2D eigenvalue weighted by atomic mass is 9.90. The molecule has 7 amide bonds. The standard InChI is InChI=1S/C54H73N11O13/c1-5-30(4)45(52(76)65-28-34-25-36(67)20-17-33(34)26-42(65)51(75)64-22-10-14-41(64)49(73)61-40(53(77)78)24-31-11-7-6-8-12-31)63-48(72)39(23-32-15-18-35(66)19-16-32)60-50(74)44(29(2)3)62-47(71)38(13-9-21-58-54(56)57)59-46(70)37(55)27-43(68)69/h6-8,11-12,15-20,25,29-30,37-42,44-45,66-67H,5,9-10,13-14,21-24,26-28,55H2,1-4H3,(H,59,70)(H,60,74)(H,61,73)(H,62,71)(H,63,72)(H,68,69)(H,77,78)(H4,56,57,58)/t30-,37-,38-,39-,40-,41-,42-,44-,45-/m0/s1. The summed E-state index contributed by atoms with van der Waals surface area (Å²) in [5, 5.41) is 53.2. The van der Waals surface area contributed by atoms with E-state index in [0.717, 1.165) is 0 Å². The van der Waals surface area contributed by atoms with Crippen molar-refractivity contribution in [3.8, 4) is 11.5 Å². The van der Waals surface area contributed by atoms with Crippen LogP contribution >= 0.6 is 0 Å². The molecule has 0 aliphatic carbocycles. The highest BCUT2D eigenvalue weighted by molar-refractivity contribution is 5.98. The summed E-state index contributed by atoms with van der Waals surface area (Å²) in [5.74, 6) is -9.64.